The molecule has 1 saturated heterocycles. The maximum absolute atomic E-state index is 11.8. The van der Waals surface area contributed by atoms with Crippen LogP contribution >= 0.6 is 15.9 Å². The van der Waals surface area contributed by atoms with Crippen LogP contribution < -0.4 is 5.32 Å². The van der Waals surface area contributed by atoms with Crippen molar-refractivity contribution in [2.24, 2.45) is 0 Å². The Morgan fingerprint density at radius 2 is 2.38 bits per heavy atom. The van der Waals surface area contributed by atoms with Crippen LogP contribution in [-0.2, 0) is 9.53 Å². The highest BCUT2D eigenvalue weighted by molar-refractivity contribution is 9.10. The Morgan fingerprint density at radius 3 is 3.00 bits per heavy atom. The van der Waals surface area contributed by atoms with E-state index in [4.69, 9.17) is 4.74 Å². The summed E-state index contributed by atoms with van der Waals surface area (Å²) in [4.78, 5) is 15.9. The van der Waals surface area contributed by atoms with Gasteiger partial charge < -0.3 is 10.1 Å². The van der Waals surface area contributed by atoms with Crippen molar-refractivity contribution < 1.29 is 9.53 Å². The van der Waals surface area contributed by atoms with Crippen molar-refractivity contribution in [3.8, 4) is 0 Å². The molecule has 2 atom stereocenters. The van der Waals surface area contributed by atoms with Gasteiger partial charge in [0.25, 0.3) is 5.91 Å². The van der Waals surface area contributed by atoms with Crippen molar-refractivity contribution in [1.82, 2.24) is 4.98 Å². The van der Waals surface area contributed by atoms with Crippen LogP contribution in [0.1, 0.15) is 19.8 Å². The Hall–Kier alpha value is -0.940. The third-order valence-corrected chi connectivity index (χ3v) is 2.93. The molecule has 1 aromatic rings. The molecule has 2 rings (SSSR count). The molecular formula is C11H13BrN2O2. The minimum Gasteiger partial charge on any atom is -0.365 e. The van der Waals surface area contributed by atoms with Gasteiger partial charge in [-0.25, -0.2) is 4.98 Å². The number of carbonyl (C=O) groups is 1. The highest BCUT2D eigenvalue weighted by atomic mass is 79.9. The Bertz CT molecular complexity index is 397. The summed E-state index contributed by atoms with van der Waals surface area (Å²) in [5.74, 6) is 0.428. The molecule has 1 amide bonds. The van der Waals surface area contributed by atoms with E-state index in [-0.39, 0.29) is 18.1 Å². The van der Waals surface area contributed by atoms with Gasteiger partial charge in [-0.15, -0.1) is 0 Å². The summed E-state index contributed by atoms with van der Waals surface area (Å²) in [6.07, 6.45) is 1.55. The normalized spacial score (nSPS) is 24.4. The van der Waals surface area contributed by atoms with E-state index in [1.54, 1.807) is 6.07 Å². The molecule has 0 aromatic carbocycles. The zero-order valence-corrected chi connectivity index (χ0v) is 10.5. The summed E-state index contributed by atoms with van der Waals surface area (Å²) in [5.41, 5.74) is 0. The monoisotopic (exact) mass is 284 g/mol. The molecule has 1 fully saturated rings. The predicted octanol–water partition coefficient (Wildman–Crippen LogP) is 2.35. The van der Waals surface area contributed by atoms with Crippen LogP contribution in [0.4, 0.5) is 5.82 Å². The zero-order valence-electron chi connectivity index (χ0n) is 8.94. The average molecular weight is 285 g/mol. The van der Waals surface area contributed by atoms with E-state index in [9.17, 15) is 4.79 Å². The van der Waals surface area contributed by atoms with Crippen molar-refractivity contribution in [3.05, 3.63) is 22.8 Å². The van der Waals surface area contributed by atoms with Gasteiger partial charge in [-0.1, -0.05) is 6.07 Å². The SMILES string of the molecule is CC1CCC(C(=O)Nc2cccc(Br)n2)O1. The lowest BCUT2D eigenvalue weighted by Gasteiger charge is -2.11. The number of hydrogen-bond acceptors (Lipinski definition) is 3. The largest absolute Gasteiger partial charge is 0.365 e. The molecule has 2 heterocycles. The lowest BCUT2D eigenvalue weighted by atomic mass is 10.2. The third-order valence-electron chi connectivity index (χ3n) is 2.49. The number of pyridine rings is 1. The quantitative estimate of drug-likeness (QED) is 0.849. The molecule has 2 unspecified atom stereocenters. The van der Waals surface area contributed by atoms with Crippen molar-refractivity contribution >= 4 is 27.7 Å². The van der Waals surface area contributed by atoms with Gasteiger partial charge in [-0.3, -0.25) is 4.79 Å². The van der Waals surface area contributed by atoms with E-state index in [2.05, 4.69) is 26.2 Å². The number of nitrogens with zero attached hydrogens (tertiary/aromatic N) is 1. The standard InChI is InChI=1S/C11H13BrN2O2/c1-7-5-6-8(16-7)11(15)14-10-4-2-3-9(12)13-10/h2-4,7-8H,5-6H2,1H3,(H,13,14,15). The first kappa shape index (κ1) is 11.5. The number of anilines is 1. The van der Waals surface area contributed by atoms with Gasteiger partial charge in [0.15, 0.2) is 0 Å². The molecule has 1 aromatic heterocycles. The van der Waals surface area contributed by atoms with E-state index < -0.39 is 0 Å². The summed E-state index contributed by atoms with van der Waals surface area (Å²) in [5, 5.41) is 2.74. The highest BCUT2D eigenvalue weighted by Crippen LogP contribution is 2.20. The van der Waals surface area contributed by atoms with E-state index in [0.717, 1.165) is 12.8 Å². The van der Waals surface area contributed by atoms with Crippen LogP contribution in [0.5, 0.6) is 0 Å². The fourth-order valence-electron chi connectivity index (χ4n) is 1.68. The van der Waals surface area contributed by atoms with Crippen LogP contribution in [-0.4, -0.2) is 23.1 Å². The predicted molar refractivity (Wildman–Crippen MR) is 64.1 cm³/mol. The van der Waals surface area contributed by atoms with Crippen LogP contribution in [0.15, 0.2) is 22.8 Å². The molecule has 1 aliphatic rings. The van der Waals surface area contributed by atoms with E-state index in [1.165, 1.54) is 0 Å². The topological polar surface area (TPSA) is 51.2 Å². The second-order valence-corrected chi connectivity index (χ2v) is 4.66. The number of halogens is 1. The number of rotatable bonds is 2. The smallest absolute Gasteiger partial charge is 0.254 e. The number of hydrogen-bond donors (Lipinski definition) is 1. The first-order valence-electron chi connectivity index (χ1n) is 5.24. The van der Waals surface area contributed by atoms with Crippen molar-refractivity contribution in [3.63, 3.8) is 0 Å². The van der Waals surface area contributed by atoms with Crippen molar-refractivity contribution in [2.75, 3.05) is 5.32 Å². The number of carbonyl (C=O) groups excluding carboxylic acids is 1. The molecule has 0 aliphatic carbocycles. The highest BCUT2D eigenvalue weighted by Gasteiger charge is 2.28. The van der Waals surface area contributed by atoms with Gasteiger partial charge in [0.2, 0.25) is 0 Å². The molecule has 5 heteroatoms. The van der Waals surface area contributed by atoms with Gasteiger partial charge in [0.1, 0.15) is 16.5 Å². The Morgan fingerprint density at radius 1 is 1.56 bits per heavy atom. The van der Waals surface area contributed by atoms with Crippen LogP contribution in [0.3, 0.4) is 0 Å². The Labute approximate surface area is 103 Å². The summed E-state index contributed by atoms with van der Waals surface area (Å²) in [7, 11) is 0. The van der Waals surface area contributed by atoms with Crippen molar-refractivity contribution in [2.45, 2.75) is 32.0 Å². The molecule has 0 bridgehead atoms. The first-order valence-corrected chi connectivity index (χ1v) is 6.03. The second kappa shape index (κ2) is 4.93. The number of ether oxygens (including phenoxy) is 1. The van der Waals surface area contributed by atoms with E-state index in [1.807, 2.05) is 19.1 Å². The van der Waals surface area contributed by atoms with Crippen molar-refractivity contribution in [1.29, 1.82) is 0 Å². The fraction of sp³-hybridized carbons (Fsp3) is 0.455. The molecular weight excluding hydrogens is 272 g/mol. The average Bonchev–Trinajstić information content (AvgIpc) is 2.65. The van der Waals surface area contributed by atoms with Crippen LogP contribution in [0.25, 0.3) is 0 Å². The van der Waals surface area contributed by atoms with E-state index >= 15 is 0 Å². The first-order chi connectivity index (χ1) is 7.65. The second-order valence-electron chi connectivity index (χ2n) is 3.85. The van der Waals surface area contributed by atoms with Gasteiger partial charge in [0.05, 0.1) is 6.10 Å². The Balaban J connectivity index is 1.97. The van der Waals surface area contributed by atoms with Gasteiger partial charge in [-0.05, 0) is 47.8 Å². The van der Waals surface area contributed by atoms with Crippen LogP contribution in [0.2, 0.25) is 0 Å². The van der Waals surface area contributed by atoms with Gasteiger partial charge in [0, 0.05) is 0 Å². The summed E-state index contributed by atoms with van der Waals surface area (Å²) >= 11 is 3.25. The minimum absolute atomic E-state index is 0.116. The summed E-state index contributed by atoms with van der Waals surface area (Å²) in [6.45, 7) is 1.98. The zero-order chi connectivity index (χ0) is 11.5. The maximum atomic E-state index is 11.8. The maximum Gasteiger partial charge on any atom is 0.254 e. The number of amides is 1. The molecule has 0 radical (unpaired) electrons. The van der Waals surface area contributed by atoms with E-state index in [0.29, 0.717) is 10.4 Å². The molecule has 16 heavy (non-hydrogen) atoms. The summed E-state index contributed by atoms with van der Waals surface area (Å²) < 4.78 is 6.17. The molecule has 86 valence electrons. The molecule has 1 aliphatic heterocycles. The number of aromatic nitrogens is 1. The van der Waals surface area contributed by atoms with Gasteiger partial charge >= 0.3 is 0 Å². The lowest BCUT2D eigenvalue weighted by Crippen LogP contribution is -2.28. The number of nitrogens with one attached hydrogen (secondary N) is 1. The molecule has 0 saturated carbocycles. The molecule has 1 N–H and O–H groups in total. The molecule has 0 spiro atoms. The van der Waals surface area contributed by atoms with Gasteiger partial charge in [-0.2, -0.15) is 0 Å². The molecule has 4 nitrogen and oxygen atoms in total. The minimum atomic E-state index is -0.337. The summed E-state index contributed by atoms with van der Waals surface area (Å²) in [6, 6.07) is 5.38. The van der Waals surface area contributed by atoms with Crippen LogP contribution in [0, 0.1) is 0 Å². The third kappa shape index (κ3) is 2.80. The fourth-order valence-corrected chi connectivity index (χ4v) is 2.02. The Kier molecular flexibility index (Phi) is 3.56. The lowest BCUT2D eigenvalue weighted by molar-refractivity contribution is -0.126.